The van der Waals surface area contributed by atoms with Crippen LogP contribution in [0.25, 0.3) is 0 Å². The molecule has 2 saturated carbocycles. The zero-order valence-electron chi connectivity index (χ0n) is 17.1. The molecule has 1 aromatic heterocycles. The Kier molecular flexibility index (Phi) is 5.62. The van der Waals surface area contributed by atoms with E-state index in [-0.39, 0.29) is 11.5 Å². The van der Waals surface area contributed by atoms with Crippen molar-refractivity contribution in [2.24, 2.45) is 21.8 Å². The number of nitrogens with one attached hydrogen (secondary N) is 1. The highest BCUT2D eigenvalue weighted by molar-refractivity contribution is 7.09. The van der Waals surface area contributed by atoms with Gasteiger partial charge in [-0.05, 0) is 49.4 Å². The van der Waals surface area contributed by atoms with Gasteiger partial charge in [0.05, 0.1) is 18.7 Å². The standard InChI is InChI=1S/C21H31N5OS/c1-21(2,3)18-12-26(11-16-5-4-8-27-16)20(28-18)25-19(23-13-22)24-17-10-14-6-7-15(17)9-14/h12,14-17H,4-11H2,1-3H3,(H,23,24)/b25-20-/t14-,15-,16-,17?/m1/s1. The van der Waals surface area contributed by atoms with Crippen LogP contribution in [-0.2, 0) is 16.7 Å². The summed E-state index contributed by atoms with van der Waals surface area (Å²) in [4.78, 5) is 11.9. The van der Waals surface area contributed by atoms with Crippen molar-refractivity contribution < 1.29 is 4.74 Å². The number of hydrogen-bond donors (Lipinski definition) is 1. The number of nitrogens with zero attached hydrogens (tertiary/aromatic N) is 4. The quantitative estimate of drug-likeness (QED) is 0.364. The first-order valence-electron chi connectivity index (χ1n) is 10.5. The van der Waals surface area contributed by atoms with Gasteiger partial charge in [-0.2, -0.15) is 10.3 Å². The summed E-state index contributed by atoms with van der Waals surface area (Å²) in [6.07, 6.45) is 11.7. The molecular weight excluding hydrogens is 370 g/mol. The Bertz CT molecular complexity index is 834. The van der Waals surface area contributed by atoms with Crippen LogP contribution in [0.2, 0.25) is 0 Å². The predicted molar refractivity (Wildman–Crippen MR) is 111 cm³/mol. The zero-order chi connectivity index (χ0) is 19.7. The van der Waals surface area contributed by atoms with Gasteiger partial charge in [-0.1, -0.05) is 27.2 Å². The van der Waals surface area contributed by atoms with Crippen LogP contribution in [0.4, 0.5) is 0 Å². The van der Waals surface area contributed by atoms with Crippen molar-refractivity contribution in [2.75, 3.05) is 6.61 Å². The topological polar surface area (TPSA) is 74.7 Å². The lowest BCUT2D eigenvalue weighted by Gasteiger charge is -2.17. The minimum atomic E-state index is 0.0568. The third-order valence-corrected chi connectivity index (χ3v) is 7.69. The average Bonchev–Trinajstić information content (AvgIpc) is 3.40. The lowest BCUT2D eigenvalue weighted by Crippen LogP contribution is -2.27. The molecule has 4 atom stereocenters. The molecule has 2 aliphatic carbocycles. The third kappa shape index (κ3) is 4.33. The van der Waals surface area contributed by atoms with Crippen molar-refractivity contribution in [1.82, 2.24) is 9.88 Å². The average molecular weight is 402 g/mol. The highest BCUT2D eigenvalue weighted by Crippen LogP contribution is 2.45. The first-order chi connectivity index (χ1) is 13.4. The van der Waals surface area contributed by atoms with E-state index in [0.29, 0.717) is 17.9 Å². The molecule has 28 heavy (non-hydrogen) atoms. The Morgan fingerprint density at radius 3 is 2.82 bits per heavy atom. The van der Waals surface area contributed by atoms with Crippen molar-refractivity contribution in [2.45, 2.75) is 83.4 Å². The van der Waals surface area contributed by atoms with E-state index in [1.54, 1.807) is 11.3 Å². The summed E-state index contributed by atoms with van der Waals surface area (Å²) in [5.74, 6) is 1.95. The minimum Gasteiger partial charge on any atom is -0.376 e. The van der Waals surface area contributed by atoms with Crippen LogP contribution in [-0.4, -0.2) is 29.3 Å². The molecule has 2 heterocycles. The van der Waals surface area contributed by atoms with Gasteiger partial charge >= 0.3 is 0 Å². The Hall–Kier alpha value is -1.65. The van der Waals surface area contributed by atoms with E-state index in [9.17, 15) is 5.26 Å². The highest BCUT2D eigenvalue weighted by Gasteiger charge is 2.39. The molecule has 4 rings (SSSR count). The van der Waals surface area contributed by atoms with Gasteiger partial charge in [0.25, 0.3) is 0 Å². The zero-order valence-corrected chi connectivity index (χ0v) is 18.0. The largest absolute Gasteiger partial charge is 0.376 e. The van der Waals surface area contributed by atoms with Gasteiger partial charge in [-0.25, -0.2) is 4.99 Å². The van der Waals surface area contributed by atoms with Crippen LogP contribution in [0, 0.1) is 23.3 Å². The van der Waals surface area contributed by atoms with Crippen LogP contribution < -0.4 is 10.1 Å². The van der Waals surface area contributed by atoms with E-state index < -0.39 is 0 Å². The van der Waals surface area contributed by atoms with Crippen molar-refractivity contribution >= 4 is 17.3 Å². The second-order valence-corrected chi connectivity index (χ2v) is 10.5. The lowest BCUT2D eigenvalue weighted by atomic mass is 9.95. The summed E-state index contributed by atoms with van der Waals surface area (Å²) in [6.45, 7) is 8.31. The SMILES string of the molecule is CC(C)(C)c1cn(C[C@H]2CCCO2)/c(=N/C(=NC2C[C@@H]3CC[C@@H]2C3)NC#N)s1. The Morgan fingerprint density at radius 1 is 1.36 bits per heavy atom. The molecule has 3 fully saturated rings. The van der Waals surface area contributed by atoms with Crippen LogP contribution in [0.15, 0.2) is 16.2 Å². The van der Waals surface area contributed by atoms with Crippen LogP contribution in [0.5, 0.6) is 0 Å². The molecule has 0 amide bonds. The number of nitriles is 1. The van der Waals surface area contributed by atoms with E-state index in [1.165, 1.54) is 24.1 Å². The maximum atomic E-state index is 9.23. The van der Waals surface area contributed by atoms with Gasteiger partial charge in [-0.15, -0.1) is 11.3 Å². The number of guanidine groups is 1. The van der Waals surface area contributed by atoms with Gasteiger partial charge < -0.3 is 9.30 Å². The number of rotatable bonds is 3. The van der Waals surface area contributed by atoms with Crippen molar-refractivity contribution in [1.29, 1.82) is 5.26 Å². The lowest BCUT2D eigenvalue weighted by molar-refractivity contribution is 0.0963. The first kappa shape index (κ1) is 19.7. The van der Waals surface area contributed by atoms with E-state index in [1.807, 2.05) is 6.19 Å². The van der Waals surface area contributed by atoms with Gasteiger partial charge in [0.1, 0.15) is 0 Å². The molecule has 3 aliphatic rings. The maximum Gasteiger partial charge on any atom is 0.234 e. The first-order valence-corrected chi connectivity index (χ1v) is 11.3. The number of aliphatic imine (C=N–C) groups is 1. The fraction of sp³-hybridized carbons (Fsp3) is 0.762. The van der Waals surface area contributed by atoms with Crippen LogP contribution in [0.3, 0.4) is 0 Å². The Balaban J connectivity index is 1.66. The van der Waals surface area contributed by atoms with Gasteiger partial charge in [0, 0.05) is 17.7 Å². The molecule has 7 heteroatoms. The van der Waals surface area contributed by atoms with Crippen LogP contribution in [0.1, 0.15) is 64.2 Å². The normalized spacial score (nSPS) is 30.8. The molecule has 6 nitrogen and oxygen atoms in total. The molecular formula is C21H31N5OS. The van der Waals surface area contributed by atoms with E-state index >= 15 is 0 Å². The predicted octanol–water partition coefficient (Wildman–Crippen LogP) is 3.54. The molecule has 2 bridgehead atoms. The number of hydrogen-bond acceptors (Lipinski definition) is 4. The summed E-state index contributed by atoms with van der Waals surface area (Å²) >= 11 is 1.69. The maximum absolute atomic E-state index is 9.23. The molecule has 0 aromatic carbocycles. The minimum absolute atomic E-state index is 0.0568. The summed E-state index contributed by atoms with van der Waals surface area (Å²) in [6, 6.07) is 0.312. The van der Waals surface area contributed by atoms with Gasteiger partial charge in [0.15, 0.2) is 11.0 Å². The molecule has 1 N–H and O–H groups in total. The van der Waals surface area contributed by atoms with E-state index in [4.69, 9.17) is 14.7 Å². The second kappa shape index (κ2) is 8.00. The fourth-order valence-corrected chi connectivity index (χ4v) is 5.77. The summed E-state index contributed by atoms with van der Waals surface area (Å²) in [7, 11) is 0. The molecule has 152 valence electrons. The Morgan fingerprint density at radius 2 is 2.21 bits per heavy atom. The molecule has 1 aliphatic heterocycles. The second-order valence-electron chi connectivity index (χ2n) is 9.46. The van der Waals surface area contributed by atoms with E-state index in [2.05, 4.69) is 36.9 Å². The monoisotopic (exact) mass is 401 g/mol. The number of fused-ring (bicyclic) bond motifs is 2. The number of thiazole rings is 1. The molecule has 0 spiro atoms. The number of aromatic nitrogens is 1. The summed E-state index contributed by atoms with van der Waals surface area (Å²) in [5, 5.41) is 12.0. The van der Waals surface area contributed by atoms with Crippen LogP contribution >= 0.6 is 11.3 Å². The van der Waals surface area contributed by atoms with Gasteiger partial charge in [0.2, 0.25) is 5.96 Å². The van der Waals surface area contributed by atoms with Gasteiger partial charge in [-0.3, -0.25) is 5.32 Å². The number of ether oxygens (including phenoxy) is 1. The van der Waals surface area contributed by atoms with Crippen molar-refractivity contribution in [3.05, 3.63) is 15.9 Å². The Labute approximate surface area is 171 Å². The summed E-state index contributed by atoms with van der Waals surface area (Å²) < 4.78 is 8.04. The van der Waals surface area contributed by atoms with E-state index in [0.717, 1.165) is 43.1 Å². The molecule has 0 radical (unpaired) electrons. The highest BCUT2D eigenvalue weighted by atomic mass is 32.1. The third-order valence-electron chi connectivity index (χ3n) is 6.24. The smallest absolute Gasteiger partial charge is 0.234 e. The van der Waals surface area contributed by atoms with Crippen molar-refractivity contribution in [3.8, 4) is 6.19 Å². The van der Waals surface area contributed by atoms with Crippen molar-refractivity contribution in [3.63, 3.8) is 0 Å². The fourth-order valence-electron chi connectivity index (χ4n) is 4.71. The summed E-state index contributed by atoms with van der Waals surface area (Å²) in [5.41, 5.74) is 0.0568. The molecule has 1 unspecified atom stereocenters. The molecule has 1 aromatic rings. The molecule has 1 saturated heterocycles.